The molecule has 4 aromatic carbocycles. The van der Waals surface area contributed by atoms with E-state index >= 15 is 0 Å². The first-order valence-electron chi connectivity index (χ1n) is 14.9. The second-order valence-corrected chi connectivity index (χ2v) is 10.7. The lowest BCUT2D eigenvalue weighted by atomic mass is 9.95. The van der Waals surface area contributed by atoms with Crippen LogP contribution in [-0.4, -0.2) is 50.2 Å². The van der Waals surface area contributed by atoms with Gasteiger partial charge in [0.2, 0.25) is 0 Å². The number of esters is 1. The fraction of sp³-hybridized carbons (Fsp3) is 0.229. The number of fused-ring (bicyclic) bond motifs is 1. The quantitative estimate of drug-likeness (QED) is 0.0763. The van der Waals surface area contributed by atoms with Gasteiger partial charge in [-0.15, -0.1) is 0 Å². The van der Waals surface area contributed by atoms with Crippen LogP contribution in [-0.2, 0) is 9.59 Å². The van der Waals surface area contributed by atoms with Crippen molar-refractivity contribution in [3.63, 3.8) is 0 Å². The zero-order valence-corrected chi connectivity index (χ0v) is 25.5. The summed E-state index contributed by atoms with van der Waals surface area (Å²) in [7, 11) is 2.96. The molecule has 4 aromatic rings. The highest BCUT2D eigenvalue weighted by Crippen LogP contribution is 2.30. The molecular weight excluding hydrogens is 588 g/mol. The number of hydrogen-bond donors (Lipinski definition) is 3. The Morgan fingerprint density at radius 3 is 2.28 bits per heavy atom. The minimum atomic E-state index is -1.05. The summed E-state index contributed by atoms with van der Waals surface area (Å²) in [6.07, 6.45) is 6.40. The van der Waals surface area contributed by atoms with Gasteiger partial charge in [0.25, 0.3) is 5.91 Å². The van der Waals surface area contributed by atoms with E-state index in [0.717, 1.165) is 37.5 Å². The van der Waals surface area contributed by atoms with E-state index in [1.807, 2.05) is 24.3 Å². The number of ether oxygens (including phenoxy) is 3. The first-order valence-corrected chi connectivity index (χ1v) is 14.9. The summed E-state index contributed by atoms with van der Waals surface area (Å²) < 4.78 is 16.3. The molecule has 0 spiro atoms. The first kappa shape index (κ1) is 31.7. The lowest BCUT2D eigenvalue weighted by Crippen LogP contribution is -2.37. The van der Waals surface area contributed by atoms with Crippen LogP contribution in [0.2, 0.25) is 0 Å². The molecule has 0 aromatic heterocycles. The molecule has 3 N–H and O–H groups in total. The van der Waals surface area contributed by atoms with Gasteiger partial charge in [-0.2, -0.15) is 5.10 Å². The third-order valence-corrected chi connectivity index (χ3v) is 7.68. The topological polar surface area (TPSA) is 144 Å². The van der Waals surface area contributed by atoms with Crippen LogP contribution in [0.15, 0.2) is 84.0 Å². The third kappa shape index (κ3) is 7.49. The van der Waals surface area contributed by atoms with Crippen molar-refractivity contribution in [3.05, 3.63) is 95.6 Å². The molecule has 1 aliphatic rings. The SMILES string of the molecule is COc1ccc(C(=O)Oc2ccc3ccccc3c2/C=N/NC(=O)C(=O)Nc2ccccc2C(=O)NC2CCCCC2)cc1OC. The van der Waals surface area contributed by atoms with Gasteiger partial charge < -0.3 is 24.8 Å². The van der Waals surface area contributed by atoms with Crippen LogP contribution >= 0.6 is 0 Å². The third-order valence-electron chi connectivity index (χ3n) is 7.68. The van der Waals surface area contributed by atoms with E-state index in [-0.39, 0.29) is 34.5 Å². The molecule has 11 nitrogen and oxygen atoms in total. The Morgan fingerprint density at radius 2 is 1.50 bits per heavy atom. The van der Waals surface area contributed by atoms with E-state index < -0.39 is 17.8 Å². The maximum Gasteiger partial charge on any atom is 0.343 e. The molecule has 236 valence electrons. The van der Waals surface area contributed by atoms with Crippen LogP contribution in [0.4, 0.5) is 5.69 Å². The zero-order valence-electron chi connectivity index (χ0n) is 25.5. The van der Waals surface area contributed by atoms with Gasteiger partial charge in [0.05, 0.1) is 37.2 Å². The second kappa shape index (κ2) is 14.8. The molecule has 0 saturated heterocycles. The molecule has 0 radical (unpaired) electrons. The van der Waals surface area contributed by atoms with Gasteiger partial charge in [0.1, 0.15) is 5.75 Å². The summed E-state index contributed by atoms with van der Waals surface area (Å²) in [4.78, 5) is 51.5. The number of carbonyl (C=O) groups excluding carboxylic acids is 4. The molecular formula is C35H34N4O7. The maximum atomic E-state index is 13.1. The molecule has 3 amide bonds. The number of rotatable bonds is 9. The molecule has 1 saturated carbocycles. The molecule has 1 fully saturated rings. The van der Waals surface area contributed by atoms with E-state index in [2.05, 4.69) is 21.2 Å². The molecule has 0 unspecified atom stereocenters. The van der Waals surface area contributed by atoms with E-state index in [4.69, 9.17) is 14.2 Å². The van der Waals surface area contributed by atoms with Crippen molar-refractivity contribution in [1.82, 2.24) is 10.7 Å². The summed E-state index contributed by atoms with van der Waals surface area (Å²) in [5.41, 5.74) is 3.31. The van der Waals surface area contributed by atoms with Crippen molar-refractivity contribution in [1.29, 1.82) is 0 Å². The van der Waals surface area contributed by atoms with Crippen molar-refractivity contribution in [2.24, 2.45) is 5.10 Å². The van der Waals surface area contributed by atoms with Crippen molar-refractivity contribution < 1.29 is 33.4 Å². The summed E-state index contributed by atoms with van der Waals surface area (Å²) >= 11 is 0. The monoisotopic (exact) mass is 622 g/mol. The number of hydrazone groups is 1. The molecule has 46 heavy (non-hydrogen) atoms. The highest BCUT2D eigenvalue weighted by Gasteiger charge is 2.21. The van der Waals surface area contributed by atoms with E-state index in [9.17, 15) is 19.2 Å². The molecule has 0 heterocycles. The highest BCUT2D eigenvalue weighted by atomic mass is 16.5. The van der Waals surface area contributed by atoms with Gasteiger partial charge in [-0.3, -0.25) is 14.4 Å². The number of methoxy groups -OCH3 is 2. The number of hydrogen-bond acceptors (Lipinski definition) is 8. The number of amides is 3. The van der Waals surface area contributed by atoms with E-state index in [1.165, 1.54) is 26.5 Å². The normalized spacial score (nSPS) is 13.2. The van der Waals surface area contributed by atoms with Gasteiger partial charge in [-0.1, -0.05) is 61.7 Å². The molecule has 0 aliphatic heterocycles. The highest BCUT2D eigenvalue weighted by molar-refractivity contribution is 6.40. The predicted molar refractivity (Wildman–Crippen MR) is 174 cm³/mol. The van der Waals surface area contributed by atoms with Crippen LogP contribution in [0.1, 0.15) is 58.4 Å². The van der Waals surface area contributed by atoms with E-state index in [1.54, 1.807) is 48.5 Å². The van der Waals surface area contributed by atoms with Crippen molar-refractivity contribution in [2.75, 3.05) is 19.5 Å². The minimum absolute atomic E-state index is 0.0833. The van der Waals surface area contributed by atoms with Crippen LogP contribution in [0.3, 0.4) is 0 Å². The maximum absolute atomic E-state index is 13.1. The van der Waals surface area contributed by atoms with Gasteiger partial charge in [0, 0.05) is 11.6 Å². The second-order valence-electron chi connectivity index (χ2n) is 10.7. The Labute approximate surface area is 265 Å². The van der Waals surface area contributed by atoms with Crippen LogP contribution in [0, 0.1) is 0 Å². The van der Waals surface area contributed by atoms with Gasteiger partial charge >= 0.3 is 17.8 Å². The Hall–Kier alpha value is -5.71. The van der Waals surface area contributed by atoms with Gasteiger partial charge in [-0.25, -0.2) is 10.2 Å². The predicted octanol–water partition coefficient (Wildman–Crippen LogP) is 5.23. The first-order chi connectivity index (χ1) is 22.4. The molecule has 1 aliphatic carbocycles. The summed E-state index contributed by atoms with van der Waals surface area (Å²) in [6.45, 7) is 0. The van der Waals surface area contributed by atoms with Gasteiger partial charge in [-0.05, 0) is 60.0 Å². The Bertz CT molecular complexity index is 1800. The smallest absolute Gasteiger partial charge is 0.343 e. The number of anilines is 1. The van der Waals surface area contributed by atoms with Crippen LogP contribution < -0.4 is 30.3 Å². The average molecular weight is 623 g/mol. The summed E-state index contributed by atoms with van der Waals surface area (Å²) in [5, 5.41) is 11.0. The fourth-order valence-electron chi connectivity index (χ4n) is 5.31. The van der Waals surface area contributed by atoms with Gasteiger partial charge in [0.15, 0.2) is 11.5 Å². The lowest BCUT2D eigenvalue weighted by Gasteiger charge is -2.23. The summed E-state index contributed by atoms with van der Waals surface area (Å²) in [6, 6.07) is 22.0. The molecule has 5 rings (SSSR count). The molecule has 0 atom stereocenters. The van der Waals surface area contributed by atoms with Crippen LogP contribution in [0.5, 0.6) is 17.2 Å². The van der Waals surface area contributed by atoms with Crippen molar-refractivity contribution in [3.8, 4) is 17.2 Å². The van der Waals surface area contributed by atoms with Crippen LogP contribution in [0.25, 0.3) is 10.8 Å². The minimum Gasteiger partial charge on any atom is -0.493 e. The van der Waals surface area contributed by atoms with Crippen molar-refractivity contribution in [2.45, 2.75) is 38.1 Å². The zero-order chi connectivity index (χ0) is 32.5. The molecule has 0 bridgehead atoms. The fourth-order valence-corrected chi connectivity index (χ4v) is 5.31. The number of carbonyl (C=O) groups is 4. The summed E-state index contributed by atoms with van der Waals surface area (Å²) in [5.74, 6) is -2.02. The number of benzene rings is 4. The largest absolute Gasteiger partial charge is 0.493 e. The lowest BCUT2D eigenvalue weighted by molar-refractivity contribution is -0.136. The van der Waals surface area contributed by atoms with Crippen molar-refractivity contribution >= 4 is 46.4 Å². The number of nitrogens with one attached hydrogen (secondary N) is 3. The number of para-hydroxylation sites is 1. The average Bonchev–Trinajstić information content (AvgIpc) is 3.09. The molecule has 11 heteroatoms. The Kier molecular flexibility index (Phi) is 10.2. The number of nitrogens with zero attached hydrogens (tertiary/aromatic N) is 1. The standard InChI is InChI=1S/C35H34N4O7/c1-44-30-19-17-23(20-31(30)45-2)35(43)46-29-18-16-22-10-6-7-13-25(22)27(29)21-36-39-34(42)33(41)38-28-15-9-8-14-26(28)32(40)37-24-11-4-3-5-12-24/h6-10,13-21,24H,3-5,11-12H2,1-2H3,(H,37,40)(H,38,41)(H,39,42)/b36-21+. The Balaban J connectivity index is 1.30. The van der Waals surface area contributed by atoms with E-state index in [0.29, 0.717) is 22.4 Å². The Morgan fingerprint density at radius 1 is 0.783 bits per heavy atom.